The van der Waals surface area contributed by atoms with Crippen LogP contribution in [0.5, 0.6) is 0 Å². The van der Waals surface area contributed by atoms with E-state index < -0.39 is 0 Å². The van der Waals surface area contributed by atoms with Crippen molar-refractivity contribution in [1.82, 2.24) is 9.97 Å². The maximum absolute atomic E-state index is 12.7. The first-order valence-corrected chi connectivity index (χ1v) is 10.3. The standard InChI is InChI=1S/C21H18BrN3O2S/c1-13-6-3-4-7-16(13)12-28-21-23-11-18(22)19(25-21)20(27)24-17-9-5-8-15(10-17)14(2)26/h3-11H,12H2,1-2H3,(H,24,27). The smallest absolute Gasteiger partial charge is 0.275 e. The molecule has 0 bridgehead atoms. The lowest BCUT2D eigenvalue weighted by atomic mass is 10.1. The third-order valence-corrected chi connectivity index (χ3v) is 5.57. The molecule has 1 N–H and O–H groups in total. The molecule has 5 nitrogen and oxygen atoms in total. The van der Waals surface area contributed by atoms with Crippen molar-refractivity contribution in [1.29, 1.82) is 0 Å². The highest BCUT2D eigenvalue weighted by Gasteiger charge is 2.15. The summed E-state index contributed by atoms with van der Waals surface area (Å²) in [5.74, 6) is 0.290. The molecule has 0 fully saturated rings. The van der Waals surface area contributed by atoms with E-state index in [0.29, 0.717) is 20.9 Å². The topological polar surface area (TPSA) is 72.0 Å². The van der Waals surface area contributed by atoms with Crippen LogP contribution in [0.2, 0.25) is 0 Å². The summed E-state index contributed by atoms with van der Waals surface area (Å²) in [4.78, 5) is 32.9. The first-order valence-electron chi connectivity index (χ1n) is 8.56. The van der Waals surface area contributed by atoms with Crippen LogP contribution in [0.1, 0.15) is 38.9 Å². The van der Waals surface area contributed by atoms with Gasteiger partial charge in [0.15, 0.2) is 10.9 Å². The molecule has 3 aromatic rings. The Balaban J connectivity index is 1.75. The normalized spacial score (nSPS) is 10.5. The molecule has 1 heterocycles. The van der Waals surface area contributed by atoms with Gasteiger partial charge in [-0.05, 0) is 53.0 Å². The molecule has 2 aromatic carbocycles. The number of benzene rings is 2. The minimum atomic E-state index is -0.368. The summed E-state index contributed by atoms with van der Waals surface area (Å²) in [5.41, 5.74) is 3.73. The van der Waals surface area contributed by atoms with Crippen LogP contribution in [0.3, 0.4) is 0 Å². The van der Waals surface area contributed by atoms with Gasteiger partial charge in [0, 0.05) is 23.2 Å². The quantitative estimate of drug-likeness (QED) is 0.310. The van der Waals surface area contributed by atoms with Crippen LogP contribution in [0.15, 0.2) is 64.4 Å². The predicted octanol–water partition coefficient (Wildman–Crippen LogP) is 5.29. The molecule has 142 valence electrons. The highest BCUT2D eigenvalue weighted by atomic mass is 79.9. The first-order chi connectivity index (χ1) is 13.4. The summed E-state index contributed by atoms with van der Waals surface area (Å²) < 4.78 is 0.507. The van der Waals surface area contributed by atoms with Gasteiger partial charge in [0.05, 0.1) is 4.47 Å². The number of amides is 1. The van der Waals surface area contributed by atoms with Crippen molar-refractivity contribution in [2.45, 2.75) is 24.8 Å². The minimum absolute atomic E-state index is 0.0609. The Morgan fingerprint density at radius 1 is 1.14 bits per heavy atom. The van der Waals surface area contributed by atoms with Crippen LogP contribution in [0.4, 0.5) is 5.69 Å². The molecular weight excluding hydrogens is 438 g/mol. The number of aromatic nitrogens is 2. The van der Waals surface area contributed by atoms with Crippen molar-refractivity contribution in [2.75, 3.05) is 5.32 Å². The average Bonchev–Trinajstić information content (AvgIpc) is 2.68. The molecule has 0 saturated carbocycles. The van der Waals surface area contributed by atoms with Crippen LogP contribution >= 0.6 is 27.7 Å². The van der Waals surface area contributed by atoms with E-state index >= 15 is 0 Å². The lowest BCUT2D eigenvalue weighted by Gasteiger charge is -2.09. The van der Waals surface area contributed by atoms with Gasteiger partial charge in [-0.1, -0.05) is 48.2 Å². The number of hydrogen-bond donors (Lipinski definition) is 1. The third-order valence-electron chi connectivity index (χ3n) is 4.08. The fourth-order valence-corrected chi connectivity index (χ4v) is 3.76. The van der Waals surface area contributed by atoms with Crippen molar-refractivity contribution in [3.05, 3.63) is 81.6 Å². The SMILES string of the molecule is CC(=O)c1cccc(NC(=O)c2nc(SCc3ccccc3C)ncc2Br)c1. The molecule has 0 aliphatic rings. The van der Waals surface area contributed by atoms with Gasteiger partial charge < -0.3 is 5.32 Å². The lowest BCUT2D eigenvalue weighted by Crippen LogP contribution is -2.15. The Labute approximate surface area is 176 Å². The van der Waals surface area contributed by atoms with Crippen LogP contribution in [-0.4, -0.2) is 21.7 Å². The van der Waals surface area contributed by atoms with Crippen molar-refractivity contribution >= 4 is 45.1 Å². The number of nitrogens with zero attached hydrogens (tertiary/aromatic N) is 2. The molecule has 0 radical (unpaired) electrons. The van der Waals surface area contributed by atoms with E-state index in [-0.39, 0.29) is 17.4 Å². The second-order valence-electron chi connectivity index (χ2n) is 6.16. The highest BCUT2D eigenvalue weighted by Crippen LogP contribution is 2.24. The monoisotopic (exact) mass is 455 g/mol. The van der Waals surface area contributed by atoms with Crippen LogP contribution in [-0.2, 0) is 5.75 Å². The summed E-state index contributed by atoms with van der Waals surface area (Å²) >= 11 is 4.81. The Bertz CT molecular complexity index is 1040. The Kier molecular flexibility index (Phi) is 6.59. The molecule has 0 unspecified atom stereocenters. The molecule has 0 aliphatic heterocycles. The van der Waals surface area contributed by atoms with Gasteiger partial charge in [-0.3, -0.25) is 9.59 Å². The maximum Gasteiger partial charge on any atom is 0.275 e. The van der Waals surface area contributed by atoms with Gasteiger partial charge in [-0.15, -0.1) is 0 Å². The second-order valence-corrected chi connectivity index (χ2v) is 7.95. The predicted molar refractivity (Wildman–Crippen MR) is 115 cm³/mol. The fraction of sp³-hybridized carbons (Fsp3) is 0.143. The molecule has 0 spiro atoms. The summed E-state index contributed by atoms with van der Waals surface area (Å²) in [5, 5.41) is 3.31. The Morgan fingerprint density at radius 2 is 1.93 bits per heavy atom. The van der Waals surface area contributed by atoms with E-state index in [1.54, 1.807) is 30.5 Å². The van der Waals surface area contributed by atoms with Gasteiger partial charge in [0.1, 0.15) is 5.69 Å². The Morgan fingerprint density at radius 3 is 2.68 bits per heavy atom. The summed E-state index contributed by atoms with van der Waals surface area (Å²) in [6, 6.07) is 14.9. The summed E-state index contributed by atoms with van der Waals surface area (Å²) in [6.45, 7) is 3.55. The second kappa shape index (κ2) is 9.12. The van der Waals surface area contributed by atoms with Gasteiger partial charge in [-0.25, -0.2) is 9.97 Å². The lowest BCUT2D eigenvalue weighted by molar-refractivity contribution is 0.100. The number of carbonyl (C=O) groups is 2. The average molecular weight is 456 g/mol. The van der Waals surface area contributed by atoms with E-state index in [0.717, 1.165) is 5.75 Å². The number of hydrogen-bond acceptors (Lipinski definition) is 5. The minimum Gasteiger partial charge on any atom is -0.321 e. The van der Waals surface area contributed by atoms with Crippen LogP contribution in [0.25, 0.3) is 0 Å². The maximum atomic E-state index is 12.7. The zero-order valence-corrected chi connectivity index (χ0v) is 17.8. The fourth-order valence-electron chi connectivity index (χ4n) is 2.50. The van der Waals surface area contributed by atoms with E-state index in [4.69, 9.17) is 0 Å². The molecule has 1 aromatic heterocycles. The number of anilines is 1. The molecular formula is C21H18BrN3O2S. The number of carbonyl (C=O) groups excluding carboxylic acids is 2. The van der Waals surface area contributed by atoms with Gasteiger partial charge in [-0.2, -0.15) is 0 Å². The zero-order chi connectivity index (χ0) is 20.1. The molecule has 0 aliphatic carbocycles. The largest absolute Gasteiger partial charge is 0.321 e. The highest BCUT2D eigenvalue weighted by molar-refractivity contribution is 9.10. The number of rotatable bonds is 6. The molecule has 3 rings (SSSR count). The number of ketones is 1. The first kappa shape index (κ1) is 20.2. The van der Waals surface area contributed by atoms with E-state index in [1.165, 1.54) is 29.8 Å². The summed E-state index contributed by atoms with van der Waals surface area (Å²) in [6.07, 6.45) is 1.58. The number of nitrogens with one attached hydrogen (secondary N) is 1. The number of Topliss-reactive ketones (excluding diaryl/α,β-unsaturated/α-hetero) is 1. The van der Waals surface area contributed by atoms with Crippen molar-refractivity contribution in [3.8, 4) is 0 Å². The molecule has 7 heteroatoms. The van der Waals surface area contributed by atoms with Gasteiger partial charge in [0.2, 0.25) is 0 Å². The Hall–Kier alpha value is -2.51. The molecule has 1 amide bonds. The molecule has 0 atom stereocenters. The van der Waals surface area contributed by atoms with Crippen LogP contribution < -0.4 is 5.32 Å². The molecule has 0 saturated heterocycles. The zero-order valence-electron chi connectivity index (χ0n) is 15.4. The van der Waals surface area contributed by atoms with Crippen molar-refractivity contribution in [3.63, 3.8) is 0 Å². The van der Waals surface area contributed by atoms with Crippen LogP contribution in [0, 0.1) is 6.92 Å². The molecule has 28 heavy (non-hydrogen) atoms. The number of aryl methyl sites for hydroxylation is 1. The number of thioether (sulfide) groups is 1. The van der Waals surface area contributed by atoms with E-state index in [1.807, 2.05) is 12.1 Å². The van der Waals surface area contributed by atoms with Gasteiger partial charge >= 0.3 is 0 Å². The van der Waals surface area contributed by atoms with E-state index in [2.05, 4.69) is 50.3 Å². The van der Waals surface area contributed by atoms with Gasteiger partial charge in [0.25, 0.3) is 5.91 Å². The van der Waals surface area contributed by atoms with E-state index in [9.17, 15) is 9.59 Å². The summed E-state index contributed by atoms with van der Waals surface area (Å²) in [7, 11) is 0. The third kappa shape index (κ3) is 5.05. The number of halogens is 1. The van der Waals surface area contributed by atoms with Crippen molar-refractivity contribution < 1.29 is 9.59 Å². The van der Waals surface area contributed by atoms with Crippen molar-refractivity contribution in [2.24, 2.45) is 0 Å².